The van der Waals surface area contributed by atoms with Gasteiger partial charge in [-0.1, -0.05) is 36.2 Å². The van der Waals surface area contributed by atoms with Crippen molar-refractivity contribution in [3.63, 3.8) is 0 Å². The van der Waals surface area contributed by atoms with Gasteiger partial charge in [-0.2, -0.15) is 0 Å². The van der Waals surface area contributed by atoms with Gasteiger partial charge in [-0.3, -0.25) is 0 Å². The largest absolute Gasteiger partial charge is 0.313 e. The van der Waals surface area contributed by atoms with Crippen molar-refractivity contribution in [1.82, 2.24) is 5.32 Å². The second-order valence-corrected chi connectivity index (χ2v) is 7.62. The maximum absolute atomic E-state index is 12.5. The Kier molecular flexibility index (Phi) is 4.77. The number of rotatable bonds is 6. The molecule has 0 aromatic heterocycles. The van der Waals surface area contributed by atoms with Crippen LogP contribution in [0.1, 0.15) is 19.8 Å². The predicted molar refractivity (Wildman–Crippen MR) is 78.7 cm³/mol. The van der Waals surface area contributed by atoms with E-state index in [9.17, 15) is 8.42 Å². The third-order valence-corrected chi connectivity index (χ3v) is 6.00. The monoisotopic (exact) mass is 321 g/mol. The summed E-state index contributed by atoms with van der Waals surface area (Å²) in [6.07, 6.45) is 2.17. The lowest BCUT2D eigenvalue weighted by Crippen LogP contribution is -2.37. The lowest BCUT2D eigenvalue weighted by molar-refractivity contribution is 0.502. The molecule has 1 atom stereocenters. The van der Waals surface area contributed by atoms with Gasteiger partial charge in [-0.15, -0.1) is 0 Å². The molecule has 19 heavy (non-hydrogen) atoms. The van der Waals surface area contributed by atoms with Gasteiger partial charge in [0.2, 0.25) is 0 Å². The molecule has 3 nitrogen and oxygen atoms in total. The van der Waals surface area contributed by atoms with Crippen LogP contribution in [0.4, 0.5) is 0 Å². The van der Waals surface area contributed by atoms with Crippen LogP contribution >= 0.6 is 23.2 Å². The highest BCUT2D eigenvalue weighted by molar-refractivity contribution is 7.91. The van der Waals surface area contributed by atoms with Crippen LogP contribution in [0.15, 0.2) is 23.1 Å². The minimum atomic E-state index is -3.47. The average molecular weight is 322 g/mol. The first kappa shape index (κ1) is 15.1. The molecular weight excluding hydrogens is 305 g/mol. The van der Waals surface area contributed by atoms with E-state index in [4.69, 9.17) is 23.2 Å². The molecule has 6 heteroatoms. The molecule has 1 aromatic carbocycles. The summed E-state index contributed by atoms with van der Waals surface area (Å²) in [6.45, 7) is 2.73. The normalized spacial score (nSPS) is 17.4. The predicted octanol–water partition coefficient (Wildman–Crippen LogP) is 3.16. The molecule has 1 fully saturated rings. The van der Waals surface area contributed by atoms with Crippen LogP contribution in [0, 0.1) is 5.92 Å². The van der Waals surface area contributed by atoms with Crippen molar-refractivity contribution in [2.45, 2.75) is 30.7 Å². The molecule has 0 amide bonds. The Morgan fingerprint density at radius 3 is 2.37 bits per heavy atom. The second kappa shape index (κ2) is 6.00. The van der Waals surface area contributed by atoms with Crippen molar-refractivity contribution < 1.29 is 8.42 Å². The lowest BCUT2D eigenvalue weighted by Gasteiger charge is -2.18. The van der Waals surface area contributed by atoms with Crippen LogP contribution in [0.25, 0.3) is 0 Å². The smallest absolute Gasteiger partial charge is 0.182 e. The maximum atomic E-state index is 12.5. The number of halogens is 2. The molecule has 0 bridgehead atoms. The topological polar surface area (TPSA) is 46.2 Å². The standard InChI is InChI=1S/C13H17Cl2NO2S/c1-2-16-12(9-6-7-9)8-19(17,18)13-10(14)4-3-5-11(13)15/h3-5,9,12,16H,2,6-8H2,1H3. The number of nitrogens with one attached hydrogen (secondary N) is 1. The molecule has 0 radical (unpaired) electrons. The summed E-state index contributed by atoms with van der Waals surface area (Å²) in [6, 6.07) is 4.74. The fourth-order valence-corrected chi connectivity index (χ4v) is 5.08. The van der Waals surface area contributed by atoms with Crippen molar-refractivity contribution in [3.05, 3.63) is 28.2 Å². The van der Waals surface area contributed by atoms with Gasteiger partial charge in [0.05, 0.1) is 15.8 Å². The second-order valence-electron chi connectivity index (χ2n) is 4.83. The number of benzene rings is 1. The van der Waals surface area contributed by atoms with E-state index in [1.807, 2.05) is 6.92 Å². The maximum Gasteiger partial charge on any atom is 0.182 e. The molecule has 0 saturated heterocycles. The number of hydrogen-bond donors (Lipinski definition) is 1. The van der Waals surface area contributed by atoms with E-state index >= 15 is 0 Å². The van der Waals surface area contributed by atoms with E-state index in [-0.39, 0.29) is 26.7 Å². The number of sulfone groups is 1. The Hall–Kier alpha value is -0.290. The van der Waals surface area contributed by atoms with E-state index in [0.29, 0.717) is 5.92 Å². The van der Waals surface area contributed by atoms with E-state index in [1.165, 1.54) is 0 Å². The van der Waals surface area contributed by atoms with Gasteiger partial charge < -0.3 is 5.32 Å². The third-order valence-electron chi connectivity index (χ3n) is 3.29. The molecule has 0 heterocycles. The van der Waals surface area contributed by atoms with Gasteiger partial charge in [0.15, 0.2) is 9.84 Å². The van der Waals surface area contributed by atoms with Crippen LogP contribution < -0.4 is 5.32 Å². The van der Waals surface area contributed by atoms with Crippen molar-refractivity contribution in [2.75, 3.05) is 12.3 Å². The van der Waals surface area contributed by atoms with Crippen LogP contribution in [0.2, 0.25) is 10.0 Å². The summed E-state index contributed by atoms with van der Waals surface area (Å²) in [4.78, 5) is 0.0573. The van der Waals surface area contributed by atoms with Gasteiger partial charge in [0, 0.05) is 6.04 Å². The van der Waals surface area contributed by atoms with Gasteiger partial charge in [0.25, 0.3) is 0 Å². The van der Waals surface area contributed by atoms with Crippen molar-refractivity contribution in [1.29, 1.82) is 0 Å². The van der Waals surface area contributed by atoms with Crippen molar-refractivity contribution in [2.24, 2.45) is 5.92 Å². The molecule has 1 aliphatic rings. The Morgan fingerprint density at radius 1 is 1.32 bits per heavy atom. The van der Waals surface area contributed by atoms with E-state index in [1.54, 1.807) is 18.2 Å². The summed E-state index contributed by atoms with van der Waals surface area (Å²) in [5, 5.41) is 3.63. The fraction of sp³-hybridized carbons (Fsp3) is 0.538. The summed E-state index contributed by atoms with van der Waals surface area (Å²) in [7, 11) is -3.47. The summed E-state index contributed by atoms with van der Waals surface area (Å²) < 4.78 is 25.0. The van der Waals surface area contributed by atoms with Crippen LogP contribution in [-0.4, -0.2) is 26.8 Å². The molecule has 1 N–H and O–H groups in total. The zero-order valence-corrected chi connectivity index (χ0v) is 13.0. The highest BCUT2D eigenvalue weighted by Crippen LogP contribution is 2.36. The molecule has 1 unspecified atom stereocenters. The van der Waals surface area contributed by atoms with Gasteiger partial charge in [0.1, 0.15) is 4.90 Å². The first-order valence-electron chi connectivity index (χ1n) is 6.36. The van der Waals surface area contributed by atoms with E-state index < -0.39 is 9.84 Å². The molecule has 0 aliphatic heterocycles. The fourth-order valence-electron chi connectivity index (χ4n) is 2.22. The van der Waals surface area contributed by atoms with Gasteiger partial charge >= 0.3 is 0 Å². The summed E-state index contributed by atoms with van der Waals surface area (Å²) in [5.41, 5.74) is 0. The first-order chi connectivity index (χ1) is 8.95. The lowest BCUT2D eigenvalue weighted by atomic mass is 10.2. The Bertz CT molecular complexity index is 536. The van der Waals surface area contributed by atoms with E-state index in [0.717, 1.165) is 19.4 Å². The number of hydrogen-bond acceptors (Lipinski definition) is 3. The Morgan fingerprint density at radius 2 is 1.89 bits per heavy atom. The highest BCUT2D eigenvalue weighted by atomic mass is 35.5. The molecule has 1 aromatic rings. The van der Waals surface area contributed by atoms with Crippen LogP contribution in [0.3, 0.4) is 0 Å². The molecule has 1 saturated carbocycles. The highest BCUT2D eigenvalue weighted by Gasteiger charge is 2.35. The zero-order valence-electron chi connectivity index (χ0n) is 10.7. The van der Waals surface area contributed by atoms with E-state index in [2.05, 4.69) is 5.32 Å². The average Bonchev–Trinajstić information content (AvgIpc) is 3.11. The van der Waals surface area contributed by atoms with Gasteiger partial charge in [-0.25, -0.2) is 8.42 Å². The minimum Gasteiger partial charge on any atom is -0.313 e. The molecule has 2 rings (SSSR count). The molecule has 0 spiro atoms. The minimum absolute atomic E-state index is 0.0117. The Balaban J connectivity index is 2.26. The molecular formula is C13H17Cl2NO2S. The van der Waals surface area contributed by atoms with Crippen LogP contribution in [-0.2, 0) is 9.84 Å². The summed E-state index contributed by atoms with van der Waals surface area (Å²) >= 11 is 12.0. The SMILES string of the molecule is CCNC(CS(=O)(=O)c1c(Cl)cccc1Cl)C1CC1. The zero-order chi connectivity index (χ0) is 14.0. The first-order valence-corrected chi connectivity index (χ1v) is 8.76. The van der Waals surface area contributed by atoms with Crippen LogP contribution in [0.5, 0.6) is 0 Å². The molecule has 106 valence electrons. The third kappa shape index (κ3) is 3.63. The quantitative estimate of drug-likeness (QED) is 0.875. The Labute approximate surface area is 124 Å². The van der Waals surface area contributed by atoms with Gasteiger partial charge in [-0.05, 0) is 37.4 Å². The van der Waals surface area contributed by atoms with Crippen molar-refractivity contribution in [3.8, 4) is 0 Å². The molecule has 1 aliphatic carbocycles. The summed E-state index contributed by atoms with van der Waals surface area (Å²) in [5.74, 6) is 0.505. The van der Waals surface area contributed by atoms with Crippen molar-refractivity contribution >= 4 is 33.0 Å².